The molecular weight excluding hydrogens is 206 g/mol. The lowest BCUT2D eigenvalue weighted by atomic mass is 9.94. The molecule has 0 spiro atoms. The molecule has 15 heavy (non-hydrogen) atoms. The van der Waals surface area contributed by atoms with Crippen molar-refractivity contribution < 1.29 is 5.11 Å². The summed E-state index contributed by atoms with van der Waals surface area (Å²) < 4.78 is 0. The monoisotopic (exact) mass is 225 g/mol. The molecule has 0 bridgehead atoms. The molecule has 84 valence electrons. The fourth-order valence-corrected chi connectivity index (χ4v) is 2.44. The molecule has 1 rings (SSSR count). The van der Waals surface area contributed by atoms with Gasteiger partial charge in [-0.1, -0.05) is 37.3 Å². The van der Waals surface area contributed by atoms with Gasteiger partial charge in [0.2, 0.25) is 0 Å². The van der Waals surface area contributed by atoms with E-state index in [0.717, 1.165) is 23.5 Å². The van der Waals surface area contributed by atoms with E-state index in [1.165, 1.54) is 0 Å². The second-order valence-corrected chi connectivity index (χ2v) is 4.84. The Balaban J connectivity index is 2.67. The van der Waals surface area contributed by atoms with Gasteiger partial charge in [-0.2, -0.15) is 11.8 Å². The zero-order valence-electron chi connectivity index (χ0n) is 9.15. The van der Waals surface area contributed by atoms with Crippen LogP contribution < -0.4 is 5.73 Å². The van der Waals surface area contributed by atoms with E-state index < -0.39 is 5.54 Å². The molecule has 0 aliphatic heterocycles. The average Bonchev–Trinajstić information content (AvgIpc) is 2.30. The van der Waals surface area contributed by atoms with Crippen LogP contribution in [0.5, 0.6) is 0 Å². The minimum atomic E-state index is -0.596. The van der Waals surface area contributed by atoms with Gasteiger partial charge in [-0.15, -0.1) is 0 Å². The second kappa shape index (κ2) is 6.16. The molecule has 0 saturated heterocycles. The van der Waals surface area contributed by atoms with Crippen LogP contribution in [0.3, 0.4) is 0 Å². The van der Waals surface area contributed by atoms with Crippen molar-refractivity contribution in [3.8, 4) is 0 Å². The highest BCUT2D eigenvalue weighted by Gasteiger charge is 2.25. The van der Waals surface area contributed by atoms with Crippen LogP contribution in [0.4, 0.5) is 0 Å². The van der Waals surface area contributed by atoms with E-state index in [4.69, 9.17) is 5.73 Å². The first-order valence-electron chi connectivity index (χ1n) is 5.26. The Morgan fingerprint density at radius 1 is 1.33 bits per heavy atom. The largest absolute Gasteiger partial charge is 0.394 e. The second-order valence-electron chi connectivity index (χ2n) is 3.73. The van der Waals surface area contributed by atoms with Crippen LogP contribution in [0.2, 0.25) is 0 Å². The predicted molar refractivity (Wildman–Crippen MR) is 67.0 cm³/mol. The van der Waals surface area contributed by atoms with Gasteiger partial charge in [0.25, 0.3) is 0 Å². The quantitative estimate of drug-likeness (QED) is 0.728. The molecule has 1 aromatic carbocycles. The van der Waals surface area contributed by atoms with Gasteiger partial charge in [0.1, 0.15) is 0 Å². The highest BCUT2D eigenvalue weighted by atomic mass is 32.2. The highest BCUT2D eigenvalue weighted by molar-refractivity contribution is 7.99. The molecule has 1 atom stereocenters. The molecule has 0 aliphatic carbocycles. The van der Waals surface area contributed by atoms with Gasteiger partial charge in [0, 0.05) is 5.75 Å². The molecule has 0 aliphatic rings. The summed E-state index contributed by atoms with van der Waals surface area (Å²) >= 11 is 1.79. The summed E-state index contributed by atoms with van der Waals surface area (Å²) in [6.45, 7) is 2.14. The standard InChI is InChI=1S/C12H19NOS/c1-2-8-15-10-12(13,9-14)11-6-4-3-5-7-11/h3-7,14H,2,8-10,13H2,1H3. The Morgan fingerprint density at radius 2 is 2.00 bits per heavy atom. The molecule has 0 saturated carbocycles. The summed E-state index contributed by atoms with van der Waals surface area (Å²) in [7, 11) is 0. The number of aliphatic hydroxyl groups is 1. The van der Waals surface area contributed by atoms with Gasteiger partial charge in [-0.25, -0.2) is 0 Å². The Morgan fingerprint density at radius 3 is 2.53 bits per heavy atom. The maximum absolute atomic E-state index is 9.40. The third kappa shape index (κ3) is 3.52. The van der Waals surface area contributed by atoms with Crippen LogP contribution in [-0.4, -0.2) is 23.2 Å². The minimum Gasteiger partial charge on any atom is -0.394 e. The van der Waals surface area contributed by atoms with Crippen LogP contribution >= 0.6 is 11.8 Å². The topological polar surface area (TPSA) is 46.2 Å². The van der Waals surface area contributed by atoms with E-state index in [1.807, 2.05) is 30.3 Å². The van der Waals surface area contributed by atoms with Crippen LogP contribution in [0.1, 0.15) is 18.9 Å². The lowest BCUT2D eigenvalue weighted by Crippen LogP contribution is -2.43. The molecule has 2 nitrogen and oxygen atoms in total. The Bertz CT molecular complexity index is 278. The molecule has 0 heterocycles. The summed E-state index contributed by atoms with van der Waals surface area (Å²) in [6, 6.07) is 9.82. The first-order valence-corrected chi connectivity index (χ1v) is 6.41. The first-order chi connectivity index (χ1) is 7.23. The third-order valence-corrected chi connectivity index (χ3v) is 3.76. The minimum absolute atomic E-state index is 0.00622. The smallest absolute Gasteiger partial charge is 0.0735 e. The lowest BCUT2D eigenvalue weighted by Gasteiger charge is -2.27. The lowest BCUT2D eigenvalue weighted by molar-refractivity contribution is 0.213. The van der Waals surface area contributed by atoms with Crippen molar-refractivity contribution in [2.24, 2.45) is 5.73 Å². The summed E-state index contributed by atoms with van der Waals surface area (Å²) in [5, 5.41) is 9.40. The average molecular weight is 225 g/mol. The van der Waals surface area contributed by atoms with Crippen molar-refractivity contribution in [2.45, 2.75) is 18.9 Å². The molecule has 3 heteroatoms. The molecule has 0 radical (unpaired) electrons. The van der Waals surface area contributed by atoms with Crippen molar-refractivity contribution in [1.29, 1.82) is 0 Å². The van der Waals surface area contributed by atoms with E-state index in [9.17, 15) is 5.11 Å². The zero-order valence-corrected chi connectivity index (χ0v) is 9.96. The van der Waals surface area contributed by atoms with Crippen molar-refractivity contribution in [3.63, 3.8) is 0 Å². The molecule has 0 aromatic heterocycles. The van der Waals surface area contributed by atoms with E-state index in [0.29, 0.717) is 0 Å². The van der Waals surface area contributed by atoms with Crippen molar-refractivity contribution >= 4 is 11.8 Å². The number of nitrogens with two attached hydrogens (primary N) is 1. The number of aliphatic hydroxyl groups excluding tert-OH is 1. The fourth-order valence-electron chi connectivity index (χ4n) is 1.39. The Kier molecular flexibility index (Phi) is 5.15. The number of thioether (sulfide) groups is 1. The van der Waals surface area contributed by atoms with Gasteiger partial charge in [-0.3, -0.25) is 0 Å². The van der Waals surface area contributed by atoms with Crippen LogP contribution in [0.15, 0.2) is 30.3 Å². The highest BCUT2D eigenvalue weighted by Crippen LogP contribution is 2.22. The van der Waals surface area contributed by atoms with E-state index in [1.54, 1.807) is 11.8 Å². The normalized spacial score (nSPS) is 14.9. The Hall–Kier alpha value is -0.510. The van der Waals surface area contributed by atoms with E-state index in [2.05, 4.69) is 6.92 Å². The van der Waals surface area contributed by atoms with Gasteiger partial charge >= 0.3 is 0 Å². The zero-order chi connectivity index (χ0) is 11.1. The van der Waals surface area contributed by atoms with E-state index in [-0.39, 0.29) is 6.61 Å². The fraction of sp³-hybridized carbons (Fsp3) is 0.500. The maximum atomic E-state index is 9.40. The Labute approximate surface area is 95.9 Å². The summed E-state index contributed by atoms with van der Waals surface area (Å²) in [5.41, 5.74) is 6.60. The predicted octanol–water partition coefficient (Wildman–Crippen LogP) is 1.98. The molecule has 0 amide bonds. The molecule has 1 unspecified atom stereocenters. The molecule has 0 fully saturated rings. The van der Waals surface area contributed by atoms with Crippen LogP contribution in [0, 0.1) is 0 Å². The first kappa shape index (κ1) is 12.6. The van der Waals surface area contributed by atoms with Gasteiger partial charge in [0.05, 0.1) is 12.1 Å². The van der Waals surface area contributed by atoms with Crippen molar-refractivity contribution in [3.05, 3.63) is 35.9 Å². The number of benzene rings is 1. The molecule has 1 aromatic rings. The number of hydrogen-bond donors (Lipinski definition) is 2. The van der Waals surface area contributed by atoms with Gasteiger partial charge in [0.15, 0.2) is 0 Å². The van der Waals surface area contributed by atoms with Gasteiger partial charge < -0.3 is 10.8 Å². The SMILES string of the molecule is CCCSCC(N)(CO)c1ccccc1. The maximum Gasteiger partial charge on any atom is 0.0735 e. The summed E-state index contributed by atoms with van der Waals surface area (Å²) in [6.07, 6.45) is 1.14. The summed E-state index contributed by atoms with van der Waals surface area (Å²) in [4.78, 5) is 0. The summed E-state index contributed by atoms with van der Waals surface area (Å²) in [5.74, 6) is 1.85. The van der Waals surface area contributed by atoms with Crippen molar-refractivity contribution in [2.75, 3.05) is 18.1 Å². The van der Waals surface area contributed by atoms with E-state index >= 15 is 0 Å². The van der Waals surface area contributed by atoms with Crippen LogP contribution in [-0.2, 0) is 5.54 Å². The third-order valence-electron chi connectivity index (χ3n) is 2.34. The van der Waals surface area contributed by atoms with Crippen LogP contribution in [0.25, 0.3) is 0 Å². The number of rotatable bonds is 6. The van der Waals surface area contributed by atoms with Crippen molar-refractivity contribution in [1.82, 2.24) is 0 Å². The molecule has 3 N–H and O–H groups in total. The molecular formula is C12H19NOS. The van der Waals surface area contributed by atoms with Gasteiger partial charge in [-0.05, 0) is 17.7 Å². The number of hydrogen-bond acceptors (Lipinski definition) is 3.